The molecule has 1 aromatic carbocycles. The minimum Gasteiger partial charge on any atom is -0.268 e. The van der Waals surface area contributed by atoms with Gasteiger partial charge in [0, 0.05) is 9.89 Å². The summed E-state index contributed by atoms with van der Waals surface area (Å²) < 4.78 is 41.3. The molecule has 24 heavy (non-hydrogen) atoms. The molecule has 1 spiro atoms. The third-order valence-corrected chi connectivity index (χ3v) is 9.16. The highest BCUT2D eigenvalue weighted by Gasteiger charge is 2.72. The van der Waals surface area contributed by atoms with E-state index in [0.717, 1.165) is 17.1 Å². The first-order valence-corrected chi connectivity index (χ1v) is 10.5. The van der Waals surface area contributed by atoms with Crippen LogP contribution in [0, 0.1) is 22.6 Å². The van der Waals surface area contributed by atoms with Gasteiger partial charge in [0.05, 0.1) is 17.4 Å². The molecule has 1 saturated heterocycles. The molecule has 1 amide bonds. The van der Waals surface area contributed by atoms with E-state index < -0.39 is 27.2 Å². The number of halogens is 2. The molecule has 4 rings (SSSR count). The average Bonchev–Trinajstić information content (AvgIpc) is 2.96. The Morgan fingerprint density at radius 2 is 2.08 bits per heavy atom. The lowest BCUT2D eigenvalue weighted by Gasteiger charge is -2.37. The maximum Gasteiger partial charge on any atom is 0.270 e. The lowest BCUT2D eigenvalue weighted by molar-refractivity contribution is 0.0697. The zero-order valence-corrected chi connectivity index (χ0v) is 16.0. The Morgan fingerprint density at radius 3 is 2.75 bits per heavy atom. The molecule has 2 aliphatic carbocycles. The molecule has 1 aromatic rings. The first-order chi connectivity index (χ1) is 11.1. The Morgan fingerprint density at radius 1 is 1.38 bits per heavy atom. The van der Waals surface area contributed by atoms with Gasteiger partial charge in [-0.1, -0.05) is 29.8 Å². The van der Waals surface area contributed by atoms with Crippen LogP contribution in [0.1, 0.15) is 43.5 Å². The molecule has 0 unspecified atom stereocenters. The molecule has 3 atom stereocenters. The SMILES string of the molecule is CC1(C)[C@@H]2CC[C@@]13CS(=O)(=O)N(C(=O)c1cc(Br)ccc1F)[C@@H]3C2. The predicted molar refractivity (Wildman–Crippen MR) is 91.4 cm³/mol. The predicted octanol–water partition coefficient (Wildman–Crippen LogP) is 3.57. The maximum absolute atomic E-state index is 14.1. The molecular formula is C17H19BrFNO3S. The largest absolute Gasteiger partial charge is 0.270 e. The van der Waals surface area contributed by atoms with Gasteiger partial charge < -0.3 is 0 Å². The lowest BCUT2D eigenvalue weighted by atomic mass is 9.69. The highest BCUT2D eigenvalue weighted by molar-refractivity contribution is 9.10. The molecule has 1 heterocycles. The highest BCUT2D eigenvalue weighted by atomic mass is 79.9. The minimum absolute atomic E-state index is 0.00444. The Kier molecular flexibility index (Phi) is 3.31. The quantitative estimate of drug-likeness (QED) is 0.704. The van der Waals surface area contributed by atoms with E-state index >= 15 is 0 Å². The van der Waals surface area contributed by atoms with Crippen LogP contribution in [-0.2, 0) is 10.0 Å². The molecule has 3 fully saturated rings. The van der Waals surface area contributed by atoms with E-state index in [2.05, 4.69) is 29.8 Å². The fourth-order valence-electron chi connectivity index (χ4n) is 5.34. The minimum atomic E-state index is -3.74. The summed E-state index contributed by atoms with van der Waals surface area (Å²) in [6, 6.07) is 3.69. The zero-order valence-electron chi connectivity index (χ0n) is 13.6. The molecule has 7 heteroatoms. The van der Waals surface area contributed by atoms with E-state index in [4.69, 9.17) is 0 Å². The molecule has 1 aliphatic heterocycles. The smallest absolute Gasteiger partial charge is 0.268 e. The standard InChI is InChI=1S/C17H19BrFNO3S/c1-16(2)10-5-6-17(16)9-24(22,23)20(14(17)7-10)15(21)12-8-11(18)3-4-13(12)19/h3-4,8,10,14H,5-7,9H2,1-2H3/t10-,14-,17+/m1/s1. The Labute approximate surface area is 149 Å². The molecule has 3 aliphatic rings. The summed E-state index contributed by atoms with van der Waals surface area (Å²) >= 11 is 3.22. The van der Waals surface area contributed by atoms with Crippen molar-refractivity contribution in [2.24, 2.45) is 16.7 Å². The van der Waals surface area contributed by atoms with Crippen LogP contribution in [0.25, 0.3) is 0 Å². The summed E-state index contributed by atoms with van der Waals surface area (Å²) in [5, 5.41) is 0. The van der Waals surface area contributed by atoms with Crippen molar-refractivity contribution < 1.29 is 17.6 Å². The van der Waals surface area contributed by atoms with Gasteiger partial charge >= 0.3 is 0 Å². The van der Waals surface area contributed by atoms with Crippen molar-refractivity contribution >= 4 is 31.9 Å². The normalized spacial score (nSPS) is 35.2. The van der Waals surface area contributed by atoms with Gasteiger partial charge in [-0.25, -0.2) is 17.1 Å². The number of rotatable bonds is 1. The first kappa shape index (κ1) is 16.5. The van der Waals surface area contributed by atoms with Crippen LogP contribution in [-0.4, -0.2) is 30.4 Å². The van der Waals surface area contributed by atoms with Gasteiger partial charge in [-0.2, -0.15) is 0 Å². The summed E-state index contributed by atoms with van der Waals surface area (Å²) in [6.45, 7) is 4.24. The fourth-order valence-corrected chi connectivity index (χ4v) is 8.22. The van der Waals surface area contributed by atoms with Gasteiger partial charge in [-0.05, 0) is 48.8 Å². The lowest BCUT2D eigenvalue weighted by Crippen LogP contribution is -2.44. The summed E-state index contributed by atoms with van der Waals surface area (Å²) in [5.41, 5.74) is -0.699. The van der Waals surface area contributed by atoms with Crippen LogP contribution in [0.2, 0.25) is 0 Å². The first-order valence-electron chi connectivity index (χ1n) is 8.12. The van der Waals surface area contributed by atoms with E-state index in [1.54, 1.807) is 0 Å². The van der Waals surface area contributed by atoms with Crippen LogP contribution in [0.4, 0.5) is 4.39 Å². The topological polar surface area (TPSA) is 54.5 Å². The zero-order chi connectivity index (χ0) is 17.5. The van der Waals surface area contributed by atoms with Crippen molar-refractivity contribution in [2.75, 3.05) is 5.75 Å². The van der Waals surface area contributed by atoms with E-state index in [9.17, 15) is 17.6 Å². The van der Waals surface area contributed by atoms with Crippen molar-refractivity contribution in [3.05, 3.63) is 34.1 Å². The number of amides is 1. The van der Waals surface area contributed by atoms with E-state index in [0.29, 0.717) is 16.8 Å². The summed E-state index contributed by atoms with van der Waals surface area (Å²) in [6.07, 6.45) is 2.51. The molecule has 2 saturated carbocycles. The number of hydrogen-bond donors (Lipinski definition) is 0. The number of sulfonamides is 1. The van der Waals surface area contributed by atoms with E-state index in [-0.39, 0.29) is 22.8 Å². The number of benzene rings is 1. The number of fused-ring (bicyclic) bond motifs is 1. The molecule has 2 bridgehead atoms. The van der Waals surface area contributed by atoms with Crippen LogP contribution in [0.15, 0.2) is 22.7 Å². The van der Waals surface area contributed by atoms with Gasteiger partial charge in [0.2, 0.25) is 10.0 Å². The second-order valence-electron chi connectivity index (χ2n) is 7.85. The fraction of sp³-hybridized carbons (Fsp3) is 0.588. The maximum atomic E-state index is 14.1. The number of hydrogen-bond acceptors (Lipinski definition) is 3. The number of carbonyl (C=O) groups excluding carboxylic acids is 1. The van der Waals surface area contributed by atoms with Gasteiger partial charge in [-0.3, -0.25) is 4.79 Å². The average molecular weight is 416 g/mol. The van der Waals surface area contributed by atoms with Crippen molar-refractivity contribution in [1.29, 1.82) is 0 Å². The third kappa shape index (κ3) is 1.88. The van der Waals surface area contributed by atoms with Crippen LogP contribution < -0.4 is 0 Å². The second-order valence-corrected chi connectivity index (χ2v) is 10.6. The molecular weight excluding hydrogens is 397 g/mol. The van der Waals surface area contributed by atoms with Crippen molar-refractivity contribution in [3.8, 4) is 0 Å². The van der Waals surface area contributed by atoms with Gasteiger partial charge in [0.25, 0.3) is 5.91 Å². The van der Waals surface area contributed by atoms with Crippen molar-refractivity contribution in [3.63, 3.8) is 0 Å². The van der Waals surface area contributed by atoms with Gasteiger partial charge in [0.1, 0.15) is 5.82 Å². The Hall–Kier alpha value is -0.950. The summed E-state index contributed by atoms with van der Waals surface area (Å²) in [7, 11) is -3.74. The number of carbonyl (C=O) groups is 1. The van der Waals surface area contributed by atoms with Crippen LogP contribution in [0.3, 0.4) is 0 Å². The highest BCUT2D eigenvalue weighted by Crippen LogP contribution is 2.70. The van der Waals surface area contributed by atoms with E-state index in [1.807, 2.05) is 0 Å². The van der Waals surface area contributed by atoms with Gasteiger partial charge in [-0.15, -0.1) is 0 Å². The summed E-state index contributed by atoms with van der Waals surface area (Å²) in [5.74, 6) is -1.02. The summed E-state index contributed by atoms with van der Waals surface area (Å²) in [4.78, 5) is 12.9. The molecule has 0 aromatic heterocycles. The van der Waals surface area contributed by atoms with E-state index in [1.165, 1.54) is 18.2 Å². The van der Waals surface area contributed by atoms with Crippen LogP contribution >= 0.6 is 15.9 Å². The molecule has 0 N–H and O–H groups in total. The second kappa shape index (κ2) is 4.81. The van der Waals surface area contributed by atoms with Gasteiger partial charge in [0.15, 0.2) is 0 Å². The molecule has 130 valence electrons. The van der Waals surface area contributed by atoms with Crippen LogP contribution in [0.5, 0.6) is 0 Å². The van der Waals surface area contributed by atoms with Crippen molar-refractivity contribution in [2.45, 2.75) is 39.2 Å². The monoisotopic (exact) mass is 415 g/mol. The molecule has 0 radical (unpaired) electrons. The third-order valence-electron chi connectivity index (χ3n) is 6.77. The van der Waals surface area contributed by atoms with Crippen molar-refractivity contribution in [1.82, 2.24) is 4.31 Å². The Balaban J connectivity index is 1.82. The Bertz CT molecular complexity index is 853. The molecule has 4 nitrogen and oxygen atoms in total. The number of nitrogens with zero attached hydrogens (tertiary/aromatic N) is 1.